The van der Waals surface area contributed by atoms with Crippen LogP contribution in [0.1, 0.15) is 30.7 Å². The zero-order valence-electron chi connectivity index (χ0n) is 15.0. The van der Waals surface area contributed by atoms with Gasteiger partial charge in [0.2, 0.25) is 0 Å². The molecule has 4 heterocycles. The molecule has 0 amide bonds. The Morgan fingerprint density at radius 2 is 2.33 bits per heavy atom. The average molecular weight is 403 g/mol. The molecule has 5 rings (SSSR count). The second-order valence-electron chi connectivity index (χ2n) is 6.74. The summed E-state index contributed by atoms with van der Waals surface area (Å²) in [5.74, 6) is 1.26. The number of thiophene rings is 1. The van der Waals surface area contributed by atoms with Gasteiger partial charge in [0.25, 0.3) is 5.78 Å². The second-order valence-corrected chi connectivity index (χ2v) is 8.77. The predicted octanol–water partition coefficient (Wildman–Crippen LogP) is 2.77. The van der Waals surface area contributed by atoms with Crippen molar-refractivity contribution in [1.82, 2.24) is 29.2 Å². The van der Waals surface area contributed by atoms with Crippen molar-refractivity contribution >= 4 is 50.7 Å². The molecule has 1 aliphatic rings. The zero-order chi connectivity index (χ0) is 18.5. The van der Waals surface area contributed by atoms with Crippen LogP contribution in [-0.2, 0) is 22.4 Å². The van der Waals surface area contributed by atoms with Gasteiger partial charge in [0.15, 0.2) is 10.8 Å². The smallest absolute Gasteiger partial charge is 0.316 e. The molecule has 8 nitrogen and oxygen atoms in total. The Kier molecular flexibility index (Phi) is 4.05. The van der Waals surface area contributed by atoms with Crippen molar-refractivity contribution in [2.75, 3.05) is 12.4 Å². The summed E-state index contributed by atoms with van der Waals surface area (Å²) in [7, 11) is 0. The highest BCUT2D eigenvalue weighted by atomic mass is 32.2. The van der Waals surface area contributed by atoms with E-state index in [-0.39, 0.29) is 11.7 Å². The molecular weight excluding hydrogens is 384 g/mol. The fourth-order valence-electron chi connectivity index (χ4n) is 3.68. The van der Waals surface area contributed by atoms with Gasteiger partial charge in [-0.05, 0) is 37.7 Å². The first-order chi connectivity index (χ1) is 13.2. The van der Waals surface area contributed by atoms with Crippen molar-refractivity contribution in [3.8, 4) is 0 Å². The van der Waals surface area contributed by atoms with Gasteiger partial charge in [-0.2, -0.15) is 9.61 Å². The molecule has 0 N–H and O–H groups in total. The van der Waals surface area contributed by atoms with E-state index in [4.69, 9.17) is 4.74 Å². The number of ether oxygens (including phenoxy) is 1. The summed E-state index contributed by atoms with van der Waals surface area (Å²) < 4.78 is 8.79. The number of thioether (sulfide) groups is 1. The third-order valence-corrected chi connectivity index (χ3v) is 7.04. The van der Waals surface area contributed by atoms with E-state index in [2.05, 4.69) is 27.2 Å². The maximum Gasteiger partial charge on any atom is 0.316 e. The number of carbonyl (C=O) groups is 1. The van der Waals surface area contributed by atoms with Gasteiger partial charge in [0.05, 0.1) is 17.7 Å². The van der Waals surface area contributed by atoms with Gasteiger partial charge in [-0.3, -0.25) is 4.79 Å². The monoisotopic (exact) mass is 402 g/mol. The number of hydrogen-bond donors (Lipinski definition) is 0. The highest BCUT2D eigenvalue weighted by molar-refractivity contribution is 7.99. The van der Waals surface area contributed by atoms with E-state index < -0.39 is 0 Å². The largest absolute Gasteiger partial charge is 0.465 e. The summed E-state index contributed by atoms with van der Waals surface area (Å²) in [5.41, 5.74) is 2.21. The Balaban J connectivity index is 1.73. The van der Waals surface area contributed by atoms with Gasteiger partial charge in [-0.15, -0.1) is 21.5 Å². The minimum absolute atomic E-state index is 0.202. The van der Waals surface area contributed by atoms with Crippen LogP contribution in [0.25, 0.3) is 21.6 Å². The number of carbonyl (C=O) groups excluding carboxylic acids is 1. The van der Waals surface area contributed by atoms with E-state index >= 15 is 0 Å². The first kappa shape index (κ1) is 16.9. The van der Waals surface area contributed by atoms with Crippen molar-refractivity contribution in [3.05, 3.63) is 16.8 Å². The molecule has 4 aromatic rings. The molecule has 0 bridgehead atoms. The van der Waals surface area contributed by atoms with Gasteiger partial charge in [0, 0.05) is 4.88 Å². The molecule has 0 saturated carbocycles. The summed E-state index contributed by atoms with van der Waals surface area (Å²) in [6.45, 7) is 4.48. The topological polar surface area (TPSA) is 86.7 Å². The van der Waals surface area contributed by atoms with Crippen LogP contribution in [-0.4, -0.2) is 47.5 Å². The number of aromatic nitrogens is 6. The van der Waals surface area contributed by atoms with Gasteiger partial charge in [0.1, 0.15) is 11.2 Å². The maximum absolute atomic E-state index is 11.8. The van der Waals surface area contributed by atoms with Crippen molar-refractivity contribution < 1.29 is 9.53 Å². The van der Waals surface area contributed by atoms with Gasteiger partial charge < -0.3 is 4.74 Å². The molecule has 1 aliphatic carbocycles. The Morgan fingerprint density at radius 1 is 1.44 bits per heavy atom. The van der Waals surface area contributed by atoms with Gasteiger partial charge >= 0.3 is 5.97 Å². The summed E-state index contributed by atoms with van der Waals surface area (Å²) in [6.07, 6.45) is 4.88. The van der Waals surface area contributed by atoms with E-state index in [1.807, 2.05) is 4.40 Å². The fourth-order valence-corrected chi connectivity index (χ4v) is 5.97. The zero-order valence-corrected chi connectivity index (χ0v) is 16.6. The standard InChI is InChI=1S/C17H18N6O2S2/c1-3-25-12(24)7-26-17-21-20-16-22(17)15-13(14-18-8-19-23(14)16)10-5-4-9(2)6-11(10)27-15/h8-9H,3-7H2,1-2H3/t9-/m1/s1. The number of hydrogen-bond acceptors (Lipinski definition) is 8. The van der Waals surface area contributed by atoms with E-state index in [0.29, 0.717) is 23.5 Å². The Labute approximate surface area is 162 Å². The molecule has 4 aromatic heterocycles. The second kappa shape index (κ2) is 6.45. The molecule has 0 saturated heterocycles. The predicted molar refractivity (Wildman–Crippen MR) is 103 cm³/mol. The highest BCUT2D eigenvalue weighted by Crippen LogP contribution is 2.40. The van der Waals surface area contributed by atoms with Gasteiger partial charge in [-0.25, -0.2) is 9.38 Å². The minimum atomic E-state index is -0.253. The maximum atomic E-state index is 11.8. The number of rotatable bonds is 4. The van der Waals surface area contributed by atoms with Crippen LogP contribution in [0.2, 0.25) is 0 Å². The molecule has 10 heteroatoms. The molecule has 0 aliphatic heterocycles. The van der Waals surface area contributed by atoms with Crippen LogP contribution in [0.4, 0.5) is 0 Å². The lowest BCUT2D eigenvalue weighted by Gasteiger charge is -2.17. The number of nitrogens with zero attached hydrogens (tertiary/aromatic N) is 6. The number of esters is 1. The van der Waals surface area contributed by atoms with Crippen LogP contribution >= 0.6 is 23.1 Å². The third-order valence-electron chi connectivity index (χ3n) is 4.90. The molecular formula is C17H18N6O2S2. The van der Waals surface area contributed by atoms with E-state index in [9.17, 15) is 4.79 Å². The third kappa shape index (κ3) is 2.61. The lowest BCUT2D eigenvalue weighted by Crippen LogP contribution is -2.09. The van der Waals surface area contributed by atoms with Crippen LogP contribution in [0.15, 0.2) is 11.5 Å². The lowest BCUT2D eigenvalue weighted by molar-refractivity contribution is -0.139. The van der Waals surface area contributed by atoms with Gasteiger partial charge in [-0.1, -0.05) is 18.7 Å². The van der Waals surface area contributed by atoms with Crippen LogP contribution in [0.3, 0.4) is 0 Å². The summed E-state index contributed by atoms with van der Waals surface area (Å²) in [4.78, 5) is 18.8. The summed E-state index contributed by atoms with van der Waals surface area (Å²) in [5, 5.41) is 14.8. The van der Waals surface area contributed by atoms with Crippen LogP contribution < -0.4 is 0 Å². The summed E-state index contributed by atoms with van der Waals surface area (Å²) in [6, 6.07) is 0. The first-order valence-electron chi connectivity index (χ1n) is 8.96. The van der Waals surface area contributed by atoms with E-state index in [1.54, 1.807) is 29.1 Å². The quantitative estimate of drug-likeness (QED) is 0.383. The molecule has 0 unspecified atom stereocenters. The fraction of sp³-hybridized carbons (Fsp3) is 0.471. The van der Waals surface area contributed by atoms with E-state index in [1.165, 1.54) is 28.6 Å². The molecule has 0 spiro atoms. The molecule has 1 atom stereocenters. The number of fused-ring (bicyclic) bond motifs is 8. The van der Waals surface area contributed by atoms with Crippen LogP contribution in [0.5, 0.6) is 0 Å². The lowest BCUT2D eigenvalue weighted by atomic mass is 9.89. The van der Waals surface area contributed by atoms with E-state index in [0.717, 1.165) is 28.7 Å². The highest BCUT2D eigenvalue weighted by Gasteiger charge is 2.26. The normalized spacial score (nSPS) is 17.0. The number of aryl methyl sites for hydroxylation is 1. The molecule has 140 valence electrons. The summed E-state index contributed by atoms with van der Waals surface area (Å²) >= 11 is 3.12. The Bertz CT molecular complexity index is 1180. The van der Waals surface area contributed by atoms with Crippen LogP contribution in [0, 0.1) is 5.92 Å². The molecule has 0 aromatic carbocycles. The SMILES string of the molecule is CCOC(=O)CSc1nnc2n3ncnc3c3c4c(sc3n12)C[C@H](C)CC4. The van der Waals surface area contributed by atoms with Crippen molar-refractivity contribution in [1.29, 1.82) is 0 Å². The molecule has 0 fully saturated rings. The average Bonchev–Trinajstić information content (AvgIpc) is 3.35. The Hall–Kier alpha value is -2.20. The van der Waals surface area contributed by atoms with Crippen molar-refractivity contribution in [2.24, 2.45) is 5.92 Å². The molecule has 27 heavy (non-hydrogen) atoms. The first-order valence-corrected chi connectivity index (χ1v) is 10.8. The van der Waals surface area contributed by atoms with Crippen molar-refractivity contribution in [2.45, 2.75) is 38.3 Å². The minimum Gasteiger partial charge on any atom is -0.465 e. The molecule has 0 radical (unpaired) electrons. The van der Waals surface area contributed by atoms with Crippen molar-refractivity contribution in [3.63, 3.8) is 0 Å². The Morgan fingerprint density at radius 3 is 3.19 bits per heavy atom.